The van der Waals surface area contributed by atoms with Crippen LogP contribution in [0.25, 0.3) is 0 Å². The molecule has 2 atom stereocenters. The van der Waals surface area contributed by atoms with Crippen molar-refractivity contribution in [3.63, 3.8) is 0 Å². The van der Waals surface area contributed by atoms with Crippen LogP contribution in [-0.4, -0.2) is 29.3 Å². The summed E-state index contributed by atoms with van der Waals surface area (Å²) in [5.74, 6) is 1.18. The summed E-state index contributed by atoms with van der Waals surface area (Å²) in [7, 11) is 0. The minimum atomic E-state index is 0.105. The number of hydrogen-bond acceptors (Lipinski definition) is 4. The lowest BCUT2D eigenvalue weighted by molar-refractivity contribution is 0.244. The van der Waals surface area contributed by atoms with Crippen LogP contribution in [0.1, 0.15) is 13.3 Å². The van der Waals surface area contributed by atoms with Gasteiger partial charge < -0.3 is 15.7 Å². The first-order valence-electron chi connectivity index (χ1n) is 5.42. The van der Waals surface area contributed by atoms with Crippen LogP contribution in [0.2, 0.25) is 5.02 Å². The van der Waals surface area contributed by atoms with Gasteiger partial charge in [-0.25, -0.2) is 4.98 Å². The predicted octanol–water partition coefficient (Wildman–Crippen LogP) is 1.52. The average Bonchev–Trinajstić information content (AvgIpc) is 2.59. The van der Waals surface area contributed by atoms with Gasteiger partial charge in [0.25, 0.3) is 0 Å². The summed E-state index contributed by atoms with van der Waals surface area (Å²) in [4.78, 5) is 6.31. The van der Waals surface area contributed by atoms with Gasteiger partial charge >= 0.3 is 0 Å². The zero-order chi connectivity index (χ0) is 11.7. The summed E-state index contributed by atoms with van der Waals surface area (Å²) >= 11 is 6.11. The van der Waals surface area contributed by atoms with E-state index >= 15 is 0 Å². The number of halogens is 1. The van der Waals surface area contributed by atoms with Gasteiger partial charge in [0, 0.05) is 6.54 Å². The van der Waals surface area contributed by atoms with Gasteiger partial charge in [-0.15, -0.1) is 0 Å². The van der Waals surface area contributed by atoms with Crippen molar-refractivity contribution in [2.45, 2.75) is 19.4 Å². The fourth-order valence-electron chi connectivity index (χ4n) is 2.21. The molecule has 0 radical (unpaired) electrons. The first-order valence-corrected chi connectivity index (χ1v) is 5.79. The van der Waals surface area contributed by atoms with Crippen LogP contribution < -0.4 is 10.6 Å². The summed E-state index contributed by atoms with van der Waals surface area (Å²) in [5.41, 5.74) is 6.16. The molecule has 4 nitrogen and oxygen atoms in total. The SMILES string of the molecule is CC1CCN(c2ncc(N)cc2Cl)C1CO. The van der Waals surface area contributed by atoms with Gasteiger partial charge in [0.15, 0.2) is 0 Å². The first-order chi connectivity index (χ1) is 7.63. The third-order valence-electron chi connectivity index (χ3n) is 3.18. The smallest absolute Gasteiger partial charge is 0.147 e. The van der Waals surface area contributed by atoms with Gasteiger partial charge in [0.1, 0.15) is 5.82 Å². The van der Waals surface area contributed by atoms with Crippen molar-refractivity contribution in [1.29, 1.82) is 0 Å². The lowest BCUT2D eigenvalue weighted by atomic mass is 10.0. The number of nitrogens with zero attached hydrogens (tertiary/aromatic N) is 2. The second-order valence-corrected chi connectivity index (χ2v) is 4.69. The highest BCUT2D eigenvalue weighted by Gasteiger charge is 2.32. The summed E-state index contributed by atoms with van der Waals surface area (Å²) in [6.07, 6.45) is 2.65. The van der Waals surface area contributed by atoms with E-state index in [4.69, 9.17) is 17.3 Å². The van der Waals surface area contributed by atoms with Gasteiger partial charge in [-0.2, -0.15) is 0 Å². The molecular formula is C11H16ClN3O. The van der Waals surface area contributed by atoms with Crippen molar-refractivity contribution in [3.8, 4) is 0 Å². The van der Waals surface area contributed by atoms with Gasteiger partial charge in [0.2, 0.25) is 0 Å². The Labute approximate surface area is 100 Å². The molecule has 0 aliphatic carbocycles. The molecule has 0 bridgehead atoms. The van der Waals surface area contributed by atoms with E-state index in [0.29, 0.717) is 16.6 Å². The summed E-state index contributed by atoms with van der Waals surface area (Å²) in [6.45, 7) is 3.14. The number of pyridine rings is 1. The number of aromatic nitrogens is 1. The summed E-state index contributed by atoms with van der Waals surface area (Å²) < 4.78 is 0. The van der Waals surface area contributed by atoms with Crippen LogP contribution >= 0.6 is 11.6 Å². The molecule has 0 spiro atoms. The maximum absolute atomic E-state index is 9.38. The number of aliphatic hydroxyl groups excluding tert-OH is 1. The van der Waals surface area contributed by atoms with Crippen LogP contribution in [0, 0.1) is 5.92 Å². The van der Waals surface area contributed by atoms with E-state index in [9.17, 15) is 5.11 Å². The van der Waals surface area contributed by atoms with E-state index in [0.717, 1.165) is 18.8 Å². The zero-order valence-electron chi connectivity index (χ0n) is 9.23. The van der Waals surface area contributed by atoms with Crippen LogP contribution in [0.5, 0.6) is 0 Å². The fourth-order valence-corrected chi connectivity index (χ4v) is 2.49. The summed E-state index contributed by atoms with van der Waals surface area (Å²) in [5, 5.41) is 9.93. The van der Waals surface area contributed by atoms with Crippen molar-refractivity contribution in [3.05, 3.63) is 17.3 Å². The minimum Gasteiger partial charge on any atom is -0.397 e. The van der Waals surface area contributed by atoms with Crippen molar-refractivity contribution in [2.75, 3.05) is 23.8 Å². The molecule has 3 N–H and O–H groups in total. The normalized spacial score (nSPS) is 25.1. The maximum atomic E-state index is 9.38. The molecule has 0 saturated carbocycles. The van der Waals surface area contributed by atoms with E-state index in [2.05, 4.69) is 16.8 Å². The molecule has 2 rings (SSSR count). The van der Waals surface area contributed by atoms with Crippen LogP contribution in [0.4, 0.5) is 11.5 Å². The Morgan fingerprint density at radius 1 is 1.69 bits per heavy atom. The van der Waals surface area contributed by atoms with Gasteiger partial charge in [-0.05, 0) is 18.4 Å². The topological polar surface area (TPSA) is 62.4 Å². The van der Waals surface area contributed by atoms with E-state index in [1.807, 2.05) is 0 Å². The molecule has 0 amide bonds. The number of anilines is 2. The molecule has 0 aromatic carbocycles. The van der Waals surface area contributed by atoms with Gasteiger partial charge in [0.05, 0.1) is 29.6 Å². The number of nitrogens with two attached hydrogens (primary N) is 1. The second-order valence-electron chi connectivity index (χ2n) is 4.28. The highest BCUT2D eigenvalue weighted by Crippen LogP contribution is 2.33. The molecule has 1 aliphatic rings. The number of nitrogen functional groups attached to an aromatic ring is 1. The maximum Gasteiger partial charge on any atom is 0.147 e. The molecule has 5 heteroatoms. The highest BCUT2D eigenvalue weighted by molar-refractivity contribution is 6.33. The molecule has 88 valence electrons. The Kier molecular flexibility index (Phi) is 3.21. The fraction of sp³-hybridized carbons (Fsp3) is 0.545. The van der Waals surface area contributed by atoms with Crippen LogP contribution in [-0.2, 0) is 0 Å². The molecule has 1 aliphatic heterocycles. The van der Waals surface area contributed by atoms with E-state index in [1.165, 1.54) is 0 Å². The van der Waals surface area contributed by atoms with E-state index < -0.39 is 0 Å². The second kappa shape index (κ2) is 4.47. The van der Waals surface area contributed by atoms with Gasteiger partial charge in [-0.1, -0.05) is 18.5 Å². The quantitative estimate of drug-likeness (QED) is 0.824. The van der Waals surface area contributed by atoms with Crippen molar-refractivity contribution < 1.29 is 5.11 Å². The first kappa shape index (κ1) is 11.5. The molecule has 1 saturated heterocycles. The number of aliphatic hydroxyl groups is 1. The highest BCUT2D eigenvalue weighted by atomic mass is 35.5. The van der Waals surface area contributed by atoms with Crippen LogP contribution in [0.15, 0.2) is 12.3 Å². The minimum absolute atomic E-state index is 0.105. The molecule has 1 aromatic heterocycles. The molecule has 2 unspecified atom stereocenters. The van der Waals surface area contributed by atoms with E-state index in [1.54, 1.807) is 12.3 Å². The lowest BCUT2D eigenvalue weighted by Gasteiger charge is -2.26. The largest absolute Gasteiger partial charge is 0.397 e. The molecular weight excluding hydrogens is 226 g/mol. The Morgan fingerprint density at radius 2 is 2.44 bits per heavy atom. The van der Waals surface area contributed by atoms with Crippen molar-refractivity contribution in [2.24, 2.45) is 5.92 Å². The molecule has 1 fully saturated rings. The van der Waals surface area contributed by atoms with Crippen LogP contribution in [0.3, 0.4) is 0 Å². The Hall–Kier alpha value is -1.00. The zero-order valence-corrected chi connectivity index (χ0v) is 9.98. The standard InChI is InChI=1S/C11H16ClN3O/c1-7-2-3-15(10(7)6-16)11-9(12)4-8(13)5-14-11/h4-5,7,10,16H,2-3,6,13H2,1H3. The lowest BCUT2D eigenvalue weighted by Crippen LogP contribution is -2.35. The third-order valence-corrected chi connectivity index (χ3v) is 3.46. The molecule has 2 heterocycles. The monoisotopic (exact) mass is 241 g/mol. The summed E-state index contributed by atoms with van der Waals surface area (Å²) in [6, 6.07) is 1.80. The third kappa shape index (κ3) is 1.95. The van der Waals surface area contributed by atoms with Crippen molar-refractivity contribution in [1.82, 2.24) is 4.98 Å². The van der Waals surface area contributed by atoms with E-state index in [-0.39, 0.29) is 12.6 Å². The average molecular weight is 242 g/mol. The molecule has 16 heavy (non-hydrogen) atoms. The van der Waals surface area contributed by atoms with Gasteiger partial charge in [-0.3, -0.25) is 0 Å². The predicted molar refractivity (Wildman–Crippen MR) is 65.7 cm³/mol. The Morgan fingerprint density at radius 3 is 3.06 bits per heavy atom. The number of hydrogen-bond donors (Lipinski definition) is 2. The van der Waals surface area contributed by atoms with Crippen molar-refractivity contribution >= 4 is 23.1 Å². The number of rotatable bonds is 2. The Bertz CT molecular complexity index is 385. The Balaban J connectivity index is 2.30. The molecule has 1 aromatic rings.